The van der Waals surface area contributed by atoms with Crippen molar-refractivity contribution in [1.82, 2.24) is 19.8 Å². The zero-order chi connectivity index (χ0) is 17.6. The van der Waals surface area contributed by atoms with Crippen molar-refractivity contribution in [3.05, 3.63) is 59.7 Å². The molecular formula is C19H22N4O2. The number of likely N-dealkylation sites (tertiary alicyclic amines) is 1. The van der Waals surface area contributed by atoms with Crippen LogP contribution in [0.15, 0.2) is 42.9 Å². The van der Waals surface area contributed by atoms with Gasteiger partial charge in [0.05, 0.1) is 0 Å². The first-order valence-electron chi connectivity index (χ1n) is 8.55. The number of carbonyl (C=O) groups excluding carboxylic acids is 2. The third kappa shape index (κ3) is 4.21. The predicted octanol–water partition coefficient (Wildman–Crippen LogP) is 2.03. The van der Waals surface area contributed by atoms with Crippen molar-refractivity contribution in [3.63, 3.8) is 0 Å². The molecule has 3 rings (SSSR count). The first-order chi connectivity index (χ1) is 12.1. The Kier molecular flexibility index (Phi) is 5.38. The standard InChI is InChI=1S/C19H22N4O2/c1-22(13-7-15-4-8-20-9-5-15)18(24)16-6-10-21-17(14-16)19(25)23-11-2-3-12-23/h4-6,8-10,14H,2-3,7,11-13H2,1H3. The predicted molar refractivity (Wildman–Crippen MR) is 94.3 cm³/mol. The minimum Gasteiger partial charge on any atom is -0.341 e. The molecule has 2 aromatic heterocycles. The van der Waals surface area contributed by atoms with E-state index in [9.17, 15) is 9.59 Å². The van der Waals surface area contributed by atoms with Crippen molar-refractivity contribution in [3.8, 4) is 0 Å². The number of hydrogen-bond acceptors (Lipinski definition) is 4. The molecule has 1 saturated heterocycles. The number of amides is 2. The van der Waals surface area contributed by atoms with Gasteiger partial charge in [0.15, 0.2) is 0 Å². The van der Waals surface area contributed by atoms with Crippen molar-refractivity contribution in [1.29, 1.82) is 0 Å². The summed E-state index contributed by atoms with van der Waals surface area (Å²) < 4.78 is 0. The zero-order valence-corrected chi connectivity index (χ0v) is 14.4. The first-order valence-corrected chi connectivity index (χ1v) is 8.55. The van der Waals surface area contributed by atoms with E-state index in [2.05, 4.69) is 9.97 Å². The highest BCUT2D eigenvalue weighted by Gasteiger charge is 2.22. The van der Waals surface area contributed by atoms with E-state index in [1.807, 2.05) is 12.1 Å². The van der Waals surface area contributed by atoms with E-state index in [1.165, 1.54) is 6.20 Å². The van der Waals surface area contributed by atoms with Crippen molar-refractivity contribution in [2.45, 2.75) is 19.3 Å². The molecule has 0 aromatic carbocycles. The third-order valence-corrected chi connectivity index (χ3v) is 4.45. The van der Waals surface area contributed by atoms with E-state index in [1.54, 1.807) is 41.4 Å². The van der Waals surface area contributed by atoms with Crippen LogP contribution in [0.1, 0.15) is 39.3 Å². The van der Waals surface area contributed by atoms with E-state index in [0.29, 0.717) is 17.8 Å². The van der Waals surface area contributed by atoms with Crippen LogP contribution in [0.2, 0.25) is 0 Å². The fourth-order valence-corrected chi connectivity index (χ4v) is 2.93. The van der Waals surface area contributed by atoms with Crippen LogP contribution in [0.25, 0.3) is 0 Å². The zero-order valence-electron chi connectivity index (χ0n) is 14.4. The summed E-state index contributed by atoms with van der Waals surface area (Å²) in [5.41, 5.74) is 1.97. The molecule has 0 saturated carbocycles. The Morgan fingerprint density at radius 2 is 1.84 bits per heavy atom. The average molecular weight is 338 g/mol. The average Bonchev–Trinajstić information content (AvgIpc) is 3.20. The van der Waals surface area contributed by atoms with Crippen LogP contribution in [-0.2, 0) is 6.42 Å². The van der Waals surface area contributed by atoms with Crippen LogP contribution >= 0.6 is 0 Å². The van der Waals surface area contributed by atoms with Gasteiger partial charge in [0.1, 0.15) is 5.69 Å². The lowest BCUT2D eigenvalue weighted by Gasteiger charge is -2.18. The summed E-state index contributed by atoms with van der Waals surface area (Å²) in [6.45, 7) is 2.13. The molecule has 0 atom stereocenters. The van der Waals surface area contributed by atoms with Gasteiger partial charge in [0, 0.05) is 50.8 Å². The fourth-order valence-electron chi connectivity index (χ4n) is 2.93. The van der Waals surface area contributed by atoms with Crippen LogP contribution in [0.4, 0.5) is 0 Å². The molecule has 1 aliphatic rings. The van der Waals surface area contributed by atoms with Gasteiger partial charge in [-0.3, -0.25) is 19.6 Å². The molecule has 3 heterocycles. The Morgan fingerprint density at radius 3 is 2.56 bits per heavy atom. The van der Waals surface area contributed by atoms with Crippen LogP contribution in [0.3, 0.4) is 0 Å². The van der Waals surface area contributed by atoms with Crippen molar-refractivity contribution < 1.29 is 9.59 Å². The smallest absolute Gasteiger partial charge is 0.272 e. The van der Waals surface area contributed by atoms with Gasteiger partial charge in [-0.1, -0.05) is 0 Å². The van der Waals surface area contributed by atoms with Gasteiger partial charge >= 0.3 is 0 Å². The van der Waals surface area contributed by atoms with E-state index in [4.69, 9.17) is 0 Å². The second-order valence-electron chi connectivity index (χ2n) is 6.26. The van der Waals surface area contributed by atoms with Gasteiger partial charge in [-0.2, -0.15) is 0 Å². The van der Waals surface area contributed by atoms with Crippen molar-refractivity contribution in [2.75, 3.05) is 26.7 Å². The fraction of sp³-hybridized carbons (Fsp3) is 0.368. The number of hydrogen-bond donors (Lipinski definition) is 0. The number of pyridine rings is 2. The molecule has 0 unspecified atom stereocenters. The van der Waals surface area contributed by atoms with E-state index in [0.717, 1.165) is 37.9 Å². The largest absolute Gasteiger partial charge is 0.341 e. The Morgan fingerprint density at radius 1 is 1.12 bits per heavy atom. The highest BCUT2D eigenvalue weighted by atomic mass is 16.2. The van der Waals surface area contributed by atoms with Gasteiger partial charge in [0.2, 0.25) is 0 Å². The lowest BCUT2D eigenvalue weighted by atomic mass is 10.1. The topological polar surface area (TPSA) is 66.4 Å². The molecule has 6 heteroatoms. The third-order valence-electron chi connectivity index (χ3n) is 4.45. The van der Waals surface area contributed by atoms with E-state index < -0.39 is 0 Å². The van der Waals surface area contributed by atoms with Gasteiger partial charge in [-0.25, -0.2) is 0 Å². The van der Waals surface area contributed by atoms with Gasteiger partial charge in [-0.15, -0.1) is 0 Å². The van der Waals surface area contributed by atoms with Gasteiger partial charge in [0.25, 0.3) is 11.8 Å². The number of aromatic nitrogens is 2. The molecular weight excluding hydrogens is 316 g/mol. The SMILES string of the molecule is CN(CCc1ccncc1)C(=O)c1ccnc(C(=O)N2CCCC2)c1. The molecule has 2 aromatic rings. The molecule has 1 fully saturated rings. The Balaban J connectivity index is 1.65. The summed E-state index contributed by atoms with van der Waals surface area (Å²) in [5.74, 6) is -0.196. The summed E-state index contributed by atoms with van der Waals surface area (Å²) in [6.07, 6.45) is 7.85. The minimum absolute atomic E-state index is 0.0911. The highest BCUT2D eigenvalue weighted by Crippen LogP contribution is 2.13. The summed E-state index contributed by atoms with van der Waals surface area (Å²) in [6, 6.07) is 7.15. The summed E-state index contributed by atoms with van der Waals surface area (Å²) in [7, 11) is 1.77. The Labute approximate surface area is 147 Å². The number of rotatable bonds is 5. The minimum atomic E-state index is -0.105. The monoisotopic (exact) mass is 338 g/mol. The van der Waals surface area contributed by atoms with E-state index in [-0.39, 0.29) is 11.8 Å². The second kappa shape index (κ2) is 7.88. The molecule has 2 amide bonds. The van der Waals surface area contributed by atoms with Crippen LogP contribution in [0, 0.1) is 0 Å². The molecule has 130 valence electrons. The molecule has 0 spiro atoms. The Hall–Kier alpha value is -2.76. The molecule has 25 heavy (non-hydrogen) atoms. The molecule has 1 aliphatic heterocycles. The number of likely N-dealkylation sites (N-methyl/N-ethyl adjacent to an activating group) is 1. The molecule has 0 aliphatic carbocycles. The van der Waals surface area contributed by atoms with Gasteiger partial charge < -0.3 is 9.80 Å². The first kappa shape index (κ1) is 17.1. The maximum absolute atomic E-state index is 12.6. The second-order valence-corrected chi connectivity index (χ2v) is 6.26. The van der Waals surface area contributed by atoms with Crippen LogP contribution < -0.4 is 0 Å². The molecule has 0 radical (unpaired) electrons. The van der Waals surface area contributed by atoms with Crippen molar-refractivity contribution in [2.24, 2.45) is 0 Å². The molecule has 0 bridgehead atoms. The lowest BCUT2D eigenvalue weighted by molar-refractivity contribution is 0.0786. The molecule has 0 N–H and O–H groups in total. The van der Waals surface area contributed by atoms with Gasteiger partial charge in [-0.05, 0) is 49.1 Å². The summed E-state index contributed by atoms with van der Waals surface area (Å²) in [5, 5.41) is 0. The maximum Gasteiger partial charge on any atom is 0.272 e. The number of carbonyl (C=O) groups is 2. The maximum atomic E-state index is 12.6. The van der Waals surface area contributed by atoms with Crippen LogP contribution in [0.5, 0.6) is 0 Å². The summed E-state index contributed by atoms with van der Waals surface area (Å²) >= 11 is 0. The summed E-state index contributed by atoms with van der Waals surface area (Å²) in [4.78, 5) is 36.7. The normalized spacial score (nSPS) is 13.7. The Bertz CT molecular complexity index is 742. The van der Waals surface area contributed by atoms with Crippen LogP contribution in [-0.4, -0.2) is 58.3 Å². The molecule has 6 nitrogen and oxygen atoms in total. The number of nitrogens with zero attached hydrogens (tertiary/aromatic N) is 4. The van der Waals surface area contributed by atoms with E-state index >= 15 is 0 Å². The highest BCUT2D eigenvalue weighted by molar-refractivity contribution is 5.98. The lowest BCUT2D eigenvalue weighted by Crippen LogP contribution is -2.30. The quantitative estimate of drug-likeness (QED) is 0.837. The van der Waals surface area contributed by atoms with Crippen molar-refractivity contribution >= 4 is 11.8 Å².